The highest BCUT2D eigenvalue weighted by molar-refractivity contribution is 7.09. The molecule has 4 heteroatoms. The van der Waals surface area contributed by atoms with E-state index in [9.17, 15) is 0 Å². The van der Waals surface area contributed by atoms with E-state index in [0.717, 1.165) is 12.1 Å². The lowest BCUT2D eigenvalue weighted by Gasteiger charge is -2.14. The number of aromatic nitrogens is 1. The van der Waals surface area contributed by atoms with Crippen molar-refractivity contribution in [2.24, 2.45) is 0 Å². The highest BCUT2D eigenvalue weighted by Gasteiger charge is 2.04. The highest BCUT2D eigenvalue weighted by Crippen LogP contribution is 2.15. The van der Waals surface area contributed by atoms with Gasteiger partial charge in [0.05, 0.1) is 17.6 Å². The van der Waals surface area contributed by atoms with Crippen molar-refractivity contribution < 1.29 is 0 Å². The third-order valence-corrected chi connectivity index (χ3v) is 3.16. The van der Waals surface area contributed by atoms with Crippen molar-refractivity contribution in [3.8, 4) is 0 Å². The first-order chi connectivity index (χ1) is 7.74. The lowest BCUT2D eigenvalue weighted by Crippen LogP contribution is -2.17. The molecule has 0 bridgehead atoms. The van der Waals surface area contributed by atoms with Crippen LogP contribution in [0.25, 0.3) is 0 Å². The molecule has 2 aromatic rings. The van der Waals surface area contributed by atoms with E-state index in [4.69, 9.17) is 5.73 Å². The largest absolute Gasteiger partial charge is 0.397 e. The van der Waals surface area contributed by atoms with Crippen LogP contribution >= 0.6 is 11.3 Å². The van der Waals surface area contributed by atoms with E-state index in [1.807, 2.05) is 6.07 Å². The number of nitrogens with one attached hydrogen (secondary N) is 1. The number of rotatable bonds is 4. The molecule has 1 unspecified atom stereocenters. The summed E-state index contributed by atoms with van der Waals surface area (Å²) < 4.78 is 0. The lowest BCUT2D eigenvalue weighted by molar-refractivity contribution is 0.800. The summed E-state index contributed by atoms with van der Waals surface area (Å²) >= 11 is 1.78. The highest BCUT2D eigenvalue weighted by atomic mass is 32.1. The molecule has 1 atom stereocenters. The molecule has 0 aliphatic heterocycles. The van der Waals surface area contributed by atoms with Gasteiger partial charge in [-0.2, -0.15) is 0 Å². The van der Waals surface area contributed by atoms with Crippen LogP contribution in [0.2, 0.25) is 0 Å². The Kier molecular flexibility index (Phi) is 3.41. The van der Waals surface area contributed by atoms with Crippen molar-refractivity contribution in [1.82, 2.24) is 4.98 Å². The maximum absolute atomic E-state index is 5.67. The molecule has 0 aliphatic rings. The summed E-state index contributed by atoms with van der Waals surface area (Å²) in [5.74, 6) is 0. The first-order valence-corrected chi connectivity index (χ1v) is 6.11. The lowest BCUT2D eigenvalue weighted by atomic mass is 10.2. The van der Waals surface area contributed by atoms with Crippen molar-refractivity contribution in [3.63, 3.8) is 0 Å². The zero-order chi connectivity index (χ0) is 11.4. The summed E-state index contributed by atoms with van der Waals surface area (Å²) in [4.78, 5) is 5.44. The van der Waals surface area contributed by atoms with Gasteiger partial charge in [0.25, 0.3) is 0 Å². The van der Waals surface area contributed by atoms with Gasteiger partial charge >= 0.3 is 0 Å². The Labute approximate surface area is 99.3 Å². The van der Waals surface area contributed by atoms with Gasteiger partial charge in [0, 0.05) is 23.5 Å². The fraction of sp³-hybridized carbons (Fsp3) is 0.250. The van der Waals surface area contributed by atoms with Crippen molar-refractivity contribution in [2.75, 3.05) is 11.1 Å². The Bertz CT molecular complexity index is 439. The van der Waals surface area contributed by atoms with E-state index in [2.05, 4.69) is 34.7 Å². The SMILES string of the molecule is CC(Cc1cccs1)Nc1cncc(N)c1. The Hall–Kier alpha value is -1.55. The van der Waals surface area contributed by atoms with Crippen LogP contribution in [-0.2, 0) is 6.42 Å². The van der Waals surface area contributed by atoms with Crippen LogP contribution in [-0.4, -0.2) is 11.0 Å². The molecule has 84 valence electrons. The Morgan fingerprint density at radius 2 is 2.38 bits per heavy atom. The molecule has 3 N–H and O–H groups in total. The van der Waals surface area contributed by atoms with Crippen LogP contribution < -0.4 is 11.1 Å². The molecule has 3 nitrogen and oxygen atoms in total. The van der Waals surface area contributed by atoms with Gasteiger partial charge < -0.3 is 11.1 Å². The number of nitrogens with two attached hydrogens (primary N) is 1. The zero-order valence-corrected chi connectivity index (χ0v) is 10.00. The summed E-state index contributed by atoms with van der Waals surface area (Å²) in [6.07, 6.45) is 4.46. The van der Waals surface area contributed by atoms with E-state index in [0.29, 0.717) is 11.7 Å². The van der Waals surface area contributed by atoms with E-state index in [1.54, 1.807) is 23.7 Å². The molecule has 0 aromatic carbocycles. The van der Waals surface area contributed by atoms with E-state index < -0.39 is 0 Å². The molecule has 2 rings (SSSR count). The average Bonchev–Trinajstić information content (AvgIpc) is 2.70. The molecule has 2 aromatic heterocycles. The summed E-state index contributed by atoms with van der Waals surface area (Å²) in [6, 6.07) is 6.51. The molecule has 0 aliphatic carbocycles. The van der Waals surface area contributed by atoms with Crippen molar-refractivity contribution in [1.29, 1.82) is 0 Å². The third-order valence-electron chi connectivity index (χ3n) is 2.26. The van der Waals surface area contributed by atoms with Gasteiger partial charge in [-0.15, -0.1) is 11.3 Å². The molecule has 0 spiro atoms. The van der Waals surface area contributed by atoms with Gasteiger partial charge in [0.1, 0.15) is 0 Å². The van der Waals surface area contributed by atoms with Gasteiger partial charge in [0.2, 0.25) is 0 Å². The predicted molar refractivity (Wildman–Crippen MR) is 69.8 cm³/mol. The van der Waals surface area contributed by atoms with Crippen LogP contribution in [0.4, 0.5) is 11.4 Å². The predicted octanol–water partition coefficient (Wildman–Crippen LogP) is 2.77. The van der Waals surface area contributed by atoms with Crippen LogP contribution in [0.15, 0.2) is 36.0 Å². The molecule has 0 amide bonds. The topological polar surface area (TPSA) is 50.9 Å². The standard InChI is InChI=1S/C12H15N3S/c1-9(5-12-3-2-4-16-12)15-11-6-10(13)7-14-8-11/h2-4,6-9,15H,5,13H2,1H3. The van der Waals surface area contributed by atoms with Crippen molar-refractivity contribution in [2.45, 2.75) is 19.4 Å². The number of nitrogen functional groups attached to an aromatic ring is 1. The van der Waals surface area contributed by atoms with Gasteiger partial charge in [-0.3, -0.25) is 4.98 Å². The first kappa shape index (κ1) is 11.0. The number of pyridine rings is 1. The number of nitrogens with zero attached hydrogens (tertiary/aromatic N) is 1. The number of thiophene rings is 1. The molecular formula is C12H15N3S. The van der Waals surface area contributed by atoms with Gasteiger partial charge in [-0.1, -0.05) is 6.07 Å². The van der Waals surface area contributed by atoms with Gasteiger partial charge in [-0.05, 0) is 24.4 Å². The monoisotopic (exact) mass is 233 g/mol. The Morgan fingerprint density at radius 3 is 3.06 bits per heavy atom. The van der Waals surface area contributed by atoms with Crippen molar-refractivity contribution in [3.05, 3.63) is 40.8 Å². The van der Waals surface area contributed by atoms with E-state index in [-0.39, 0.29) is 0 Å². The summed E-state index contributed by atoms with van der Waals surface area (Å²) in [6.45, 7) is 2.16. The number of hydrogen-bond donors (Lipinski definition) is 2. The van der Waals surface area contributed by atoms with Crippen LogP contribution in [0.1, 0.15) is 11.8 Å². The quantitative estimate of drug-likeness (QED) is 0.853. The third kappa shape index (κ3) is 2.97. The minimum absolute atomic E-state index is 0.377. The summed E-state index contributed by atoms with van der Waals surface area (Å²) in [7, 11) is 0. The van der Waals surface area contributed by atoms with Crippen LogP contribution in [0.3, 0.4) is 0 Å². The smallest absolute Gasteiger partial charge is 0.0549 e. The normalized spacial score (nSPS) is 12.3. The first-order valence-electron chi connectivity index (χ1n) is 5.23. The van der Waals surface area contributed by atoms with Gasteiger partial charge in [0.15, 0.2) is 0 Å². The van der Waals surface area contributed by atoms with Crippen LogP contribution in [0.5, 0.6) is 0 Å². The van der Waals surface area contributed by atoms with E-state index in [1.165, 1.54) is 4.88 Å². The number of anilines is 2. The maximum atomic E-state index is 5.67. The second-order valence-electron chi connectivity index (χ2n) is 3.84. The van der Waals surface area contributed by atoms with Crippen molar-refractivity contribution >= 4 is 22.7 Å². The Balaban J connectivity index is 1.94. The molecule has 0 saturated carbocycles. The summed E-state index contributed by atoms with van der Waals surface area (Å²) in [5.41, 5.74) is 7.33. The minimum Gasteiger partial charge on any atom is -0.397 e. The minimum atomic E-state index is 0.377. The molecule has 16 heavy (non-hydrogen) atoms. The fourth-order valence-corrected chi connectivity index (χ4v) is 2.44. The fourth-order valence-electron chi connectivity index (χ4n) is 1.60. The molecular weight excluding hydrogens is 218 g/mol. The molecule has 0 fully saturated rings. The molecule has 2 heterocycles. The molecule has 0 radical (unpaired) electrons. The molecule has 0 saturated heterocycles. The second-order valence-corrected chi connectivity index (χ2v) is 4.87. The van der Waals surface area contributed by atoms with E-state index >= 15 is 0 Å². The zero-order valence-electron chi connectivity index (χ0n) is 9.18. The average molecular weight is 233 g/mol. The Morgan fingerprint density at radius 1 is 1.50 bits per heavy atom. The second kappa shape index (κ2) is 4.99. The van der Waals surface area contributed by atoms with Gasteiger partial charge in [-0.25, -0.2) is 0 Å². The maximum Gasteiger partial charge on any atom is 0.0549 e. The summed E-state index contributed by atoms with van der Waals surface area (Å²) in [5, 5.41) is 5.49. The number of hydrogen-bond acceptors (Lipinski definition) is 4. The van der Waals surface area contributed by atoms with Crippen LogP contribution in [0, 0.1) is 0 Å².